The van der Waals surface area contributed by atoms with E-state index in [1.165, 1.54) is 44.7 Å². The number of benzene rings is 1. The summed E-state index contributed by atoms with van der Waals surface area (Å²) < 4.78 is 10.5. The van der Waals surface area contributed by atoms with Crippen molar-refractivity contribution in [1.29, 1.82) is 5.26 Å². The van der Waals surface area contributed by atoms with Crippen LogP contribution < -0.4 is 10.1 Å². The van der Waals surface area contributed by atoms with Crippen LogP contribution in [0.25, 0.3) is 0 Å². The van der Waals surface area contributed by atoms with Crippen LogP contribution in [-0.2, 0) is 9.53 Å². The minimum Gasteiger partial charge on any atom is -0.490 e. The molecule has 5 nitrogen and oxygen atoms in total. The fourth-order valence-corrected chi connectivity index (χ4v) is 2.56. The van der Waals surface area contributed by atoms with Crippen molar-refractivity contribution >= 4 is 5.97 Å². The number of nitrogens with zero attached hydrogens (tertiary/aromatic N) is 1. The van der Waals surface area contributed by atoms with Crippen LogP contribution in [0.4, 0.5) is 0 Å². The number of para-hydroxylation sites is 1. The number of ether oxygens (including phenoxy) is 2. The van der Waals surface area contributed by atoms with Gasteiger partial charge in [-0.1, -0.05) is 70.1 Å². The Morgan fingerprint density at radius 2 is 1.70 bits per heavy atom. The normalized spacial score (nSPS) is 10.9. The van der Waals surface area contributed by atoms with E-state index < -0.39 is 5.97 Å². The standard InChI is InChI=1S/C22H32N2O3/c1-2-3-4-5-6-7-8-12-15-24-19-20(18-23)22(25)27-17-16-26-21-13-10-9-11-14-21/h9-11,13-14,19,24H,2-8,12,15-17H2,1H3. The van der Waals surface area contributed by atoms with Gasteiger partial charge in [0.05, 0.1) is 0 Å². The summed E-state index contributed by atoms with van der Waals surface area (Å²) in [6.45, 7) is 3.33. The Hall–Kier alpha value is -2.48. The first-order chi connectivity index (χ1) is 13.3. The maximum absolute atomic E-state index is 11.9. The van der Waals surface area contributed by atoms with E-state index in [0.717, 1.165) is 25.1 Å². The summed E-state index contributed by atoms with van der Waals surface area (Å²) in [5, 5.41) is 12.1. The molecule has 0 radical (unpaired) electrons. The lowest BCUT2D eigenvalue weighted by Gasteiger charge is -2.07. The van der Waals surface area contributed by atoms with Crippen molar-refractivity contribution in [3.8, 4) is 11.8 Å². The third-order valence-electron chi connectivity index (χ3n) is 4.09. The molecule has 0 aromatic heterocycles. The van der Waals surface area contributed by atoms with Gasteiger partial charge in [0.1, 0.15) is 25.0 Å². The molecule has 0 aliphatic heterocycles. The van der Waals surface area contributed by atoms with Gasteiger partial charge in [-0.25, -0.2) is 4.79 Å². The zero-order valence-electron chi connectivity index (χ0n) is 16.4. The molecule has 0 saturated heterocycles. The van der Waals surface area contributed by atoms with E-state index in [4.69, 9.17) is 14.7 Å². The monoisotopic (exact) mass is 372 g/mol. The predicted molar refractivity (Wildman–Crippen MR) is 107 cm³/mol. The number of esters is 1. The largest absolute Gasteiger partial charge is 0.490 e. The van der Waals surface area contributed by atoms with E-state index in [-0.39, 0.29) is 18.8 Å². The summed E-state index contributed by atoms with van der Waals surface area (Å²) in [5.74, 6) is 0.0919. The van der Waals surface area contributed by atoms with Crippen molar-refractivity contribution in [3.05, 3.63) is 42.1 Å². The third kappa shape index (κ3) is 11.7. The summed E-state index contributed by atoms with van der Waals surface area (Å²) in [4.78, 5) is 11.9. The SMILES string of the molecule is CCCCCCCCCCNC=C(C#N)C(=O)OCCOc1ccccc1. The molecule has 0 unspecified atom stereocenters. The topological polar surface area (TPSA) is 71.4 Å². The Labute approximate surface area is 163 Å². The zero-order chi connectivity index (χ0) is 19.6. The van der Waals surface area contributed by atoms with Crippen LogP contribution in [0.15, 0.2) is 42.1 Å². The summed E-state index contributed by atoms with van der Waals surface area (Å²) >= 11 is 0. The second-order valence-electron chi connectivity index (χ2n) is 6.40. The molecule has 0 fully saturated rings. The lowest BCUT2D eigenvalue weighted by Crippen LogP contribution is -2.16. The van der Waals surface area contributed by atoms with Gasteiger partial charge in [-0.15, -0.1) is 0 Å². The van der Waals surface area contributed by atoms with E-state index in [9.17, 15) is 4.79 Å². The predicted octanol–water partition coefficient (Wildman–Crippen LogP) is 4.75. The van der Waals surface area contributed by atoms with E-state index in [2.05, 4.69) is 12.2 Å². The van der Waals surface area contributed by atoms with E-state index >= 15 is 0 Å². The highest BCUT2D eigenvalue weighted by Gasteiger charge is 2.10. The molecule has 0 saturated carbocycles. The van der Waals surface area contributed by atoms with Gasteiger partial charge >= 0.3 is 5.97 Å². The summed E-state index contributed by atoms with van der Waals surface area (Å²) in [7, 11) is 0. The average molecular weight is 373 g/mol. The third-order valence-corrected chi connectivity index (χ3v) is 4.09. The van der Waals surface area contributed by atoms with Gasteiger partial charge in [0.25, 0.3) is 0 Å². The van der Waals surface area contributed by atoms with Crippen molar-refractivity contribution in [2.75, 3.05) is 19.8 Å². The number of nitriles is 1. The maximum Gasteiger partial charge on any atom is 0.350 e. The minimum atomic E-state index is -0.627. The molecule has 27 heavy (non-hydrogen) atoms. The lowest BCUT2D eigenvalue weighted by molar-refractivity contribution is -0.139. The van der Waals surface area contributed by atoms with Gasteiger partial charge in [-0.05, 0) is 18.6 Å². The Balaban J connectivity index is 2.09. The lowest BCUT2D eigenvalue weighted by atomic mass is 10.1. The van der Waals surface area contributed by atoms with Gasteiger partial charge in [0.2, 0.25) is 0 Å². The molecule has 0 bridgehead atoms. The first-order valence-electron chi connectivity index (χ1n) is 9.96. The number of hydrogen-bond acceptors (Lipinski definition) is 5. The Kier molecular flexibility index (Phi) is 13.2. The molecule has 1 rings (SSSR count). The van der Waals surface area contributed by atoms with Gasteiger partial charge < -0.3 is 14.8 Å². The van der Waals surface area contributed by atoms with Gasteiger partial charge in [0.15, 0.2) is 5.57 Å². The molecular weight excluding hydrogens is 340 g/mol. The maximum atomic E-state index is 11.9. The molecule has 1 aromatic carbocycles. The zero-order valence-corrected chi connectivity index (χ0v) is 16.4. The number of rotatable bonds is 15. The molecule has 1 aromatic rings. The molecule has 0 heterocycles. The van der Waals surface area contributed by atoms with Crippen LogP contribution >= 0.6 is 0 Å². The molecular formula is C22H32N2O3. The first-order valence-corrected chi connectivity index (χ1v) is 9.96. The van der Waals surface area contributed by atoms with Gasteiger partial charge in [-0.2, -0.15) is 5.26 Å². The van der Waals surface area contributed by atoms with Crippen LogP contribution in [0.1, 0.15) is 58.3 Å². The molecule has 0 aliphatic carbocycles. The first kappa shape index (κ1) is 22.6. The molecule has 0 aliphatic rings. The van der Waals surface area contributed by atoms with Crippen molar-refractivity contribution in [1.82, 2.24) is 5.32 Å². The van der Waals surface area contributed by atoms with Crippen molar-refractivity contribution < 1.29 is 14.3 Å². The fraction of sp³-hybridized carbons (Fsp3) is 0.545. The smallest absolute Gasteiger partial charge is 0.350 e. The molecule has 0 spiro atoms. The Morgan fingerprint density at radius 3 is 2.37 bits per heavy atom. The molecule has 0 atom stereocenters. The summed E-state index contributed by atoms with van der Waals surface area (Å²) in [5.41, 5.74) is -0.0192. The van der Waals surface area contributed by atoms with Crippen LogP contribution in [0, 0.1) is 11.3 Å². The van der Waals surface area contributed by atoms with Crippen LogP contribution in [0.2, 0.25) is 0 Å². The van der Waals surface area contributed by atoms with Crippen LogP contribution in [-0.4, -0.2) is 25.7 Å². The van der Waals surface area contributed by atoms with Crippen LogP contribution in [0.3, 0.4) is 0 Å². The van der Waals surface area contributed by atoms with Crippen molar-refractivity contribution in [2.45, 2.75) is 58.3 Å². The fourth-order valence-electron chi connectivity index (χ4n) is 2.56. The van der Waals surface area contributed by atoms with Crippen molar-refractivity contribution in [2.24, 2.45) is 0 Å². The van der Waals surface area contributed by atoms with E-state index in [1.54, 1.807) is 0 Å². The number of carbonyl (C=O) groups excluding carboxylic acids is 1. The average Bonchev–Trinajstić information content (AvgIpc) is 2.70. The highest BCUT2D eigenvalue weighted by molar-refractivity contribution is 5.92. The van der Waals surface area contributed by atoms with E-state index in [1.807, 2.05) is 36.4 Å². The summed E-state index contributed by atoms with van der Waals surface area (Å²) in [6, 6.07) is 11.2. The minimum absolute atomic E-state index is 0.0192. The second-order valence-corrected chi connectivity index (χ2v) is 6.40. The van der Waals surface area contributed by atoms with Gasteiger partial charge in [0, 0.05) is 12.7 Å². The van der Waals surface area contributed by atoms with Gasteiger partial charge in [-0.3, -0.25) is 0 Å². The molecule has 0 amide bonds. The Bertz CT molecular complexity index is 579. The van der Waals surface area contributed by atoms with E-state index in [0.29, 0.717) is 0 Å². The number of carbonyl (C=O) groups is 1. The molecule has 1 N–H and O–H groups in total. The van der Waals surface area contributed by atoms with Crippen molar-refractivity contribution in [3.63, 3.8) is 0 Å². The highest BCUT2D eigenvalue weighted by Crippen LogP contribution is 2.09. The summed E-state index contributed by atoms with van der Waals surface area (Å²) in [6.07, 6.45) is 11.4. The van der Waals surface area contributed by atoms with Crippen LogP contribution in [0.5, 0.6) is 5.75 Å². The molecule has 148 valence electrons. The number of unbranched alkanes of at least 4 members (excludes halogenated alkanes) is 7. The highest BCUT2D eigenvalue weighted by atomic mass is 16.6. The molecule has 5 heteroatoms. The Morgan fingerprint density at radius 1 is 1.04 bits per heavy atom. The number of hydrogen-bond donors (Lipinski definition) is 1. The number of nitrogens with one attached hydrogen (secondary N) is 1. The quantitative estimate of drug-likeness (QED) is 0.208. The second kappa shape index (κ2) is 15.7.